The number of benzene rings is 3. The summed E-state index contributed by atoms with van der Waals surface area (Å²) in [6.07, 6.45) is 3.61. The Morgan fingerprint density at radius 3 is 2.46 bits per heavy atom. The maximum atomic E-state index is 13.9. The molecular weight excluding hydrogens is 524 g/mol. The summed E-state index contributed by atoms with van der Waals surface area (Å²) in [5.74, 6) is -2.97. The number of methoxy groups -OCH3 is 1. The van der Waals surface area contributed by atoms with Crippen molar-refractivity contribution in [2.75, 3.05) is 17.3 Å². The molecule has 0 aromatic heterocycles. The second-order valence-electron chi connectivity index (χ2n) is 9.45. The van der Waals surface area contributed by atoms with Crippen molar-refractivity contribution < 1.29 is 24.0 Å². The Morgan fingerprint density at radius 1 is 1.03 bits per heavy atom. The quantitative estimate of drug-likeness (QED) is 0.287. The molecule has 3 aliphatic rings. The highest BCUT2D eigenvalue weighted by molar-refractivity contribution is 6.31. The standard InChI is InChI=1S/C28H21ClN4O6/c1-39-21-11-6-16(29)14-20(21)30-26(34)25-23-22(24-19-5-3-2-4-15(19)12-13-31(24)25)27(35)32(28(23)36)17-7-9-18(10-8-17)33(37)38/h2-14,22-25H,1H3,(H,30,34). The molecule has 3 heterocycles. The summed E-state index contributed by atoms with van der Waals surface area (Å²) in [6.45, 7) is 0. The Bertz CT molecular complexity index is 1570. The van der Waals surface area contributed by atoms with Gasteiger partial charge < -0.3 is 15.0 Å². The number of hydrogen-bond acceptors (Lipinski definition) is 7. The normalized spacial score (nSPS) is 22.8. The summed E-state index contributed by atoms with van der Waals surface area (Å²) in [5.41, 5.74) is 2.11. The molecular formula is C28H21ClN4O6. The number of carbonyl (C=O) groups excluding carboxylic acids is 3. The topological polar surface area (TPSA) is 122 Å². The van der Waals surface area contributed by atoms with Gasteiger partial charge >= 0.3 is 0 Å². The number of nitrogens with one attached hydrogen (secondary N) is 1. The number of amides is 3. The third kappa shape index (κ3) is 3.83. The van der Waals surface area contributed by atoms with E-state index in [1.807, 2.05) is 30.3 Å². The molecule has 0 radical (unpaired) electrons. The number of nitrogens with zero attached hydrogens (tertiary/aromatic N) is 3. The smallest absolute Gasteiger partial charge is 0.269 e. The number of imide groups is 1. The maximum Gasteiger partial charge on any atom is 0.269 e. The van der Waals surface area contributed by atoms with Crippen molar-refractivity contribution in [3.63, 3.8) is 0 Å². The van der Waals surface area contributed by atoms with E-state index in [1.54, 1.807) is 29.3 Å². The van der Waals surface area contributed by atoms with Gasteiger partial charge in [0.05, 0.1) is 41.3 Å². The van der Waals surface area contributed by atoms with Crippen LogP contribution >= 0.6 is 11.6 Å². The van der Waals surface area contributed by atoms with E-state index in [4.69, 9.17) is 16.3 Å². The second-order valence-corrected chi connectivity index (χ2v) is 9.89. The first-order valence-corrected chi connectivity index (χ1v) is 12.5. The molecule has 3 aromatic rings. The summed E-state index contributed by atoms with van der Waals surface area (Å²) in [6, 6.07) is 16.0. The zero-order chi connectivity index (χ0) is 27.4. The number of rotatable bonds is 5. The van der Waals surface area contributed by atoms with Gasteiger partial charge in [-0.25, -0.2) is 4.90 Å². The summed E-state index contributed by atoms with van der Waals surface area (Å²) in [7, 11) is 1.46. The summed E-state index contributed by atoms with van der Waals surface area (Å²) in [5, 5.41) is 14.3. The van der Waals surface area contributed by atoms with Crippen LogP contribution in [0.1, 0.15) is 17.2 Å². The number of anilines is 2. The minimum Gasteiger partial charge on any atom is -0.495 e. The zero-order valence-corrected chi connectivity index (χ0v) is 21.2. The molecule has 0 bridgehead atoms. The number of non-ortho nitro benzene ring substituents is 1. The largest absolute Gasteiger partial charge is 0.495 e. The van der Waals surface area contributed by atoms with Crippen LogP contribution < -0.4 is 15.0 Å². The summed E-state index contributed by atoms with van der Waals surface area (Å²) < 4.78 is 5.36. The number of ether oxygens (including phenoxy) is 1. The van der Waals surface area contributed by atoms with Crippen LogP contribution in [-0.2, 0) is 14.4 Å². The van der Waals surface area contributed by atoms with Crippen LogP contribution in [0.15, 0.2) is 72.9 Å². The van der Waals surface area contributed by atoms with E-state index >= 15 is 0 Å². The lowest BCUT2D eigenvalue weighted by Gasteiger charge is -2.35. The summed E-state index contributed by atoms with van der Waals surface area (Å²) in [4.78, 5) is 55.1. The fraction of sp³-hybridized carbons (Fsp3) is 0.179. The second kappa shape index (κ2) is 9.25. The Morgan fingerprint density at radius 2 is 1.74 bits per heavy atom. The van der Waals surface area contributed by atoms with E-state index in [2.05, 4.69) is 5.32 Å². The minimum atomic E-state index is -1.02. The van der Waals surface area contributed by atoms with Gasteiger partial charge in [0.1, 0.15) is 11.8 Å². The average Bonchev–Trinajstić information content (AvgIpc) is 3.41. The predicted octanol–water partition coefficient (Wildman–Crippen LogP) is 4.41. The number of carbonyl (C=O) groups is 3. The fourth-order valence-electron chi connectivity index (χ4n) is 5.82. The molecule has 11 heteroatoms. The van der Waals surface area contributed by atoms with Gasteiger partial charge in [0.25, 0.3) is 5.69 Å². The van der Waals surface area contributed by atoms with E-state index in [0.29, 0.717) is 16.5 Å². The molecule has 6 rings (SSSR count). The van der Waals surface area contributed by atoms with Crippen LogP contribution in [0.3, 0.4) is 0 Å². The van der Waals surface area contributed by atoms with Gasteiger partial charge in [0, 0.05) is 23.4 Å². The van der Waals surface area contributed by atoms with Crippen molar-refractivity contribution in [2.45, 2.75) is 12.1 Å². The number of nitro benzene ring substituents is 1. The first-order chi connectivity index (χ1) is 18.8. The van der Waals surface area contributed by atoms with Gasteiger partial charge in [-0.3, -0.25) is 24.5 Å². The monoisotopic (exact) mass is 544 g/mol. The van der Waals surface area contributed by atoms with Crippen LogP contribution in [0.4, 0.5) is 17.1 Å². The zero-order valence-electron chi connectivity index (χ0n) is 20.5. The van der Waals surface area contributed by atoms with Crippen LogP contribution in [-0.4, -0.2) is 40.7 Å². The summed E-state index contributed by atoms with van der Waals surface area (Å²) >= 11 is 6.16. The van der Waals surface area contributed by atoms with Crippen molar-refractivity contribution in [2.24, 2.45) is 11.8 Å². The molecule has 0 saturated carbocycles. The highest BCUT2D eigenvalue weighted by atomic mass is 35.5. The molecule has 3 aromatic carbocycles. The molecule has 196 valence electrons. The molecule has 4 atom stereocenters. The molecule has 39 heavy (non-hydrogen) atoms. The molecule has 0 aliphatic carbocycles. The van der Waals surface area contributed by atoms with Crippen LogP contribution in [0, 0.1) is 22.0 Å². The third-order valence-electron chi connectivity index (χ3n) is 7.47. The maximum absolute atomic E-state index is 13.9. The van der Waals surface area contributed by atoms with E-state index < -0.39 is 46.6 Å². The fourth-order valence-corrected chi connectivity index (χ4v) is 5.99. The van der Waals surface area contributed by atoms with Crippen molar-refractivity contribution in [3.05, 3.63) is 99.2 Å². The first kappa shape index (κ1) is 24.6. The van der Waals surface area contributed by atoms with Crippen LogP contribution in [0.5, 0.6) is 5.75 Å². The van der Waals surface area contributed by atoms with Gasteiger partial charge in [-0.15, -0.1) is 0 Å². The lowest BCUT2D eigenvalue weighted by atomic mass is 9.84. The number of hydrogen-bond donors (Lipinski definition) is 1. The average molecular weight is 545 g/mol. The molecule has 4 unspecified atom stereocenters. The van der Waals surface area contributed by atoms with Gasteiger partial charge in [-0.05, 0) is 47.5 Å². The van der Waals surface area contributed by atoms with Crippen LogP contribution in [0.2, 0.25) is 5.02 Å². The number of nitro groups is 1. The Kier molecular flexibility index (Phi) is 5.84. The Hall–Kier alpha value is -4.70. The molecule has 2 fully saturated rings. The molecule has 3 amide bonds. The minimum absolute atomic E-state index is 0.164. The lowest BCUT2D eigenvalue weighted by Crippen LogP contribution is -2.46. The van der Waals surface area contributed by atoms with Crippen molar-refractivity contribution in [1.82, 2.24) is 4.90 Å². The molecule has 10 nitrogen and oxygen atoms in total. The molecule has 3 aliphatic heterocycles. The number of fused-ring (bicyclic) bond motifs is 5. The SMILES string of the molecule is COc1ccc(Cl)cc1NC(=O)C1C2C(=O)N(c3ccc([N+](=O)[O-])cc3)C(=O)C2C2c3ccccc3C=CN12. The van der Waals surface area contributed by atoms with Crippen molar-refractivity contribution >= 4 is 52.5 Å². The first-order valence-electron chi connectivity index (χ1n) is 12.1. The van der Waals surface area contributed by atoms with Crippen LogP contribution in [0.25, 0.3) is 6.08 Å². The van der Waals surface area contributed by atoms with Gasteiger partial charge in [-0.1, -0.05) is 35.9 Å². The van der Waals surface area contributed by atoms with E-state index in [9.17, 15) is 24.5 Å². The molecule has 0 spiro atoms. The Balaban J connectivity index is 1.43. The highest BCUT2D eigenvalue weighted by Gasteiger charge is 2.64. The lowest BCUT2D eigenvalue weighted by molar-refractivity contribution is -0.384. The van der Waals surface area contributed by atoms with E-state index in [0.717, 1.165) is 16.0 Å². The third-order valence-corrected chi connectivity index (χ3v) is 7.70. The van der Waals surface area contributed by atoms with E-state index in [1.165, 1.54) is 31.4 Å². The molecule has 1 N–H and O–H groups in total. The number of halogens is 1. The van der Waals surface area contributed by atoms with Crippen molar-refractivity contribution in [1.29, 1.82) is 0 Å². The highest BCUT2D eigenvalue weighted by Crippen LogP contribution is 2.53. The molecule has 2 saturated heterocycles. The Labute approximate surface area is 227 Å². The van der Waals surface area contributed by atoms with Gasteiger partial charge in [0.15, 0.2) is 0 Å². The van der Waals surface area contributed by atoms with Gasteiger partial charge in [0.2, 0.25) is 17.7 Å². The van der Waals surface area contributed by atoms with E-state index in [-0.39, 0.29) is 11.4 Å². The van der Waals surface area contributed by atoms with Gasteiger partial charge in [-0.2, -0.15) is 0 Å². The predicted molar refractivity (Wildman–Crippen MR) is 143 cm³/mol. The van der Waals surface area contributed by atoms with Crippen molar-refractivity contribution in [3.8, 4) is 5.75 Å².